The topological polar surface area (TPSA) is 41.0 Å². The van der Waals surface area contributed by atoms with Crippen molar-refractivity contribution in [1.29, 1.82) is 0 Å². The first kappa shape index (κ1) is 11.6. The molecule has 0 spiro atoms. The number of hydrogen-bond acceptors (Lipinski definition) is 4. The van der Waals surface area contributed by atoms with E-state index in [2.05, 4.69) is 34.3 Å². The highest BCUT2D eigenvalue weighted by Crippen LogP contribution is 2.36. The normalized spacial score (nSPS) is 18.2. The van der Waals surface area contributed by atoms with E-state index >= 15 is 0 Å². The van der Waals surface area contributed by atoms with Crippen LogP contribution in [-0.2, 0) is 0 Å². The zero-order valence-corrected chi connectivity index (χ0v) is 10.5. The van der Waals surface area contributed by atoms with Crippen LogP contribution < -0.4 is 5.32 Å². The van der Waals surface area contributed by atoms with E-state index < -0.39 is 0 Å². The first-order chi connectivity index (χ1) is 7.64. The largest absolute Gasteiger partial charge is 0.367 e. The highest BCUT2D eigenvalue weighted by Gasteiger charge is 2.38. The SMILES string of the molecule is CN(C)C1(CNc2ncncc2Cl)CCC1. The van der Waals surface area contributed by atoms with Crippen molar-refractivity contribution < 1.29 is 0 Å². The fourth-order valence-corrected chi connectivity index (χ4v) is 2.23. The van der Waals surface area contributed by atoms with Gasteiger partial charge in [0, 0.05) is 12.1 Å². The van der Waals surface area contributed by atoms with Crippen molar-refractivity contribution in [2.75, 3.05) is 26.0 Å². The highest BCUT2D eigenvalue weighted by molar-refractivity contribution is 6.32. The number of rotatable bonds is 4. The van der Waals surface area contributed by atoms with Crippen molar-refractivity contribution in [2.45, 2.75) is 24.8 Å². The summed E-state index contributed by atoms with van der Waals surface area (Å²) in [6, 6.07) is 0. The lowest BCUT2D eigenvalue weighted by molar-refractivity contribution is 0.0738. The second-order valence-corrected chi connectivity index (χ2v) is 4.95. The number of nitrogens with one attached hydrogen (secondary N) is 1. The molecular weight excluding hydrogens is 224 g/mol. The molecule has 0 aromatic carbocycles. The molecule has 0 amide bonds. The average Bonchev–Trinajstić information content (AvgIpc) is 2.18. The van der Waals surface area contributed by atoms with Gasteiger partial charge in [-0.3, -0.25) is 0 Å². The van der Waals surface area contributed by atoms with Gasteiger partial charge in [0.25, 0.3) is 0 Å². The number of anilines is 1. The molecule has 0 unspecified atom stereocenters. The van der Waals surface area contributed by atoms with Gasteiger partial charge < -0.3 is 10.2 Å². The number of halogens is 1. The Morgan fingerprint density at radius 2 is 2.25 bits per heavy atom. The summed E-state index contributed by atoms with van der Waals surface area (Å²) in [5, 5.41) is 3.89. The summed E-state index contributed by atoms with van der Waals surface area (Å²) in [4.78, 5) is 10.3. The molecule has 1 fully saturated rings. The van der Waals surface area contributed by atoms with Crippen LogP contribution in [-0.4, -0.2) is 41.0 Å². The third kappa shape index (κ3) is 2.13. The minimum Gasteiger partial charge on any atom is -0.367 e. The van der Waals surface area contributed by atoms with Crippen molar-refractivity contribution in [2.24, 2.45) is 0 Å². The summed E-state index contributed by atoms with van der Waals surface area (Å²) >= 11 is 5.99. The maximum Gasteiger partial charge on any atom is 0.148 e. The van der Waals surface area contributed by atoms with Crippen LogP contribution in [0.1, 0.15) is 19.3 Å². The molecule has 88 valence electrons. The fourth-order valence-electron chi connectivity index (χ4n) is 2.06. The van der Waals surface area contributed by atoms with Crippen molar-refractivity contribution in [3.63, 3.8) is 0 Å². The molecule has 0 radical (unpaired) electrons. The lowest BCUT2D eigenvalue weighted by Crippen LogP contribution is -2.54. The van der Waals surface area contributed by atoms with Crippen LogP contribution in [0.25, 0.3) is 0 Å². The standard InChI is InChI=1S/C11H17ClN4/c1-16(2)11(4-3-5-11)7-14-10-9(12)6-13-8-15-10/h6,8H,3-5,7H2,1-2H3,(H,13,14,15). The van der Waals surface area contributed by atoms with E-state index in [9.17, 15) is 0 Å². The Balaban J connectivity index is 1.99. The summed E-state index contributed by atoms with van der Waals surface area (Å²) in [5.41, 5.74) is 0.272. The molecule has 1 aliphatic rings. The minimum absolute atomic E-state index is 0.272. The zero-order valence-electron chi connectivity index (χ0n) is 9.70. The minimum atomic E-state index is 0.272. The summed E-state index contributed by atoms with van der Waals surface area (Å²) in [6.45, 7) is 0.886. The lowest BCUT2D eigenvalue weighted by Gasteiger charge is -2.47. The summed E-state index contributed by atoms with van der Waals surface area (Å²) in [7, 11) is 4.25. The zero-order chi connectivity index (χ0) is 11.6. The van der Waals surface area contributed by atoms with Gasteiger partial charge in [0.1, 0.15) is 17.2 Å². The van der Waals surface area contributed by atoms with Crippen molar-refractivity contribution in [3.05, 3.63) is 17.5 Å². The maximum atomic E-state index is 5.99. The van der Waals surface area contributed by atoms with Gasteiger partial charge in [0.15, 0.2) is 0 Å². The van der Waals surface area contributed by atoms with Crippen molar-refractivity contribution >= 4 is 17.4 Å². The average molecular weight is 241 g/mol. The fraction of sp³-hybridized carbons (Fsp3) is 0.636. The Morgan fingerprint density at radius 3 is 2.75 bits per heavy atom. The Bertz CT molecular complexity index is 363. The molecule has 0 atom stereocenters. The third-order valence-electron chi connectivity index (χ3n) is 3.49. The molecule has 1 aliphatic carbocycles. The molecule has 16 heavy (non-hydrogen) atoms. The van der Waals surface area contributed by atoms with Crippen molar-refractivity contribution in [1.82, 2.24) is 14.9 Å². The van der Waals surface area contributed by atoms with E-state index in [1.807, 2.05) is 0 Å². The number of hydrogen-bond donors (Lipinski definition) is 1. The van der Waals surface area contributed by atoms with Crippen LogP contribution in [0.15, 0.2) is 12.5 Å². The van der Waals surface area contributed by atoms with Gasteiger partial charge >= 0.3 is 0 Å². The first-order valence-electron chi connectivity index (χ1n) is 5.51. The molecule has 0 saturated heterocycles. The number of nitrogens with zero attached hydrogens (tertiary/aromatic N) is 3. The molecule has 2 rings (SSSR count). The van der Waals surface area contributed by atoms with E-state index in [-0.39, 0.29) is 5.54 Å². The lowest BCUT2D eigenvalue weighted by atomic mass is 9.75. The maximum absolute atomic E-state index is 5.99. The summed E-state index contributed by atoms with van der Waals surface area (Å²) < 4.78 is 0. The van der Waals surface area contributed by atoms with Crippen LogP contribution in [0.5, 0.6) is 0 Å². The Labute approximate surface area is 101 Å². The van der Waals surface area contributed by atoms with Crippen LogP contribution in [0.2, 0.25) is 5.02 Å². The smallest absolute Gasteiger partial charge is 0.148 e. The Hall–Kier alpha value is -0.870. The summed E-state index contributed by atoms with van der Waals surface area (Å²) in [5.74, 6) is 0.727. The van der Waals surface area contributed by atoms with Crippen LogP contribution >= 0.6 is 11.6 Å². The third-order valence-corrected chi connectivity index (χ3v) is 3.76. The monoisotopic (exact) mass is 240 g/mol. The molecule has 1 aromatic heterocycles. The van der Waals surface area contributed by atoms with Gasteiger partial charge in [-0.05, 0) is 33.4 Å². The predicted molar refractivity (Wildman–Crippen MR) is 65.8 cm³/mol. The van der Waals surface area contributed by atoms with Gasteiger partial charge in [-0.15, -0.1) is 0 Å². The number of likely N-dealkylation sites (N-methyl/N-ethyl adjacent to an activating group) is 1. The second kappa shape index (κ2) is 4.55. The molecule has 1 saturated carbocycles. The van der Waals surface area contributed by atoms with Gasteiger partial charge in [-0.25, -0.2) is 9.97 Å². The molecule has 0 bridgehead atoms. The van der Waals surface area contributed by atoms with Crippen LogP contribution in [0.4, 0.5) is 5.82 Å². The summed E-state index contributed by atoms with van der Waals surface area (Å²) in [6.07, 6.45) is 6.89. The molecule has 1 N–H and O–H groups in total. The van der Waals surface area contributed by atoms with Gasteiger partial charge in [-0.2, -0.15) is 0 Å². The van der Waals surface area contributed by atoms with Crippen molar-refractivity contribution in [3.8, 4) is 0 Å². The molecule has 5 heteroatoms. The Kier molecular flexibility index (Phi) is 3.30. The quantitative estimate of drug-likeness (QED) is 0.875. The number of aromatic nitrogens is 2. The van der Waals surface area contributed by atoms with E-state index in [0.29, 0.717) is 5.02 Å². The highest BCUT2D eigenvalue weighted by atomic mass is 35.5. The first-order valence-corrected chi connectivity index (χ1v) is 5.89. The Morgan fingerprint density at radius 1 is 1.50 bits per heavy atom. The van der Waals surface area contributed by atoms with E-state index in [1.165, 1.54) is 25.6 Å². The van der Waals surface area contributed by atoms with E-state index in [1.54, 1.807) is 6.20 Å². The van der Waals surface area contributed by atoms with Crippen LogP contribution in [0, 0.1) is 0 Å². The predicted octanol–water partition coefficient (Wildman–Crippen LogP) is 2.03. The van der Waals surface area contributed by atoms with Gasteiger partial charge in [0.05, 0.1) is 6.20 Å². The molecular formula is C11H17ClN4. The van der Waals surface area contributed by atoms with Crippen LogP contribution in [0.3, 0.4) is 0 Å². The second-order valence-electron chi connectivity index (χ2n) is 4.55. The van der Waals surface area contributed by atoms with Gasteiger partial charge in [-0.1, -0.05) is 11.6 Å². The van der Waals surface area contributed by atoms with E-state index in [4.69, 9.17) is 11.6 Å². The van der Waals surface area contributed by atoms with E-state index in [0.717, 1.165) is 12.4 Å². The van der Waals surface area contributed by atoms with Gasteiger partial charge in [0.2, 0.25) is 0 Å². The molecule has 0 aliphatic heterocycles. The molecule has 1 heterocycles. The molecule has 1 aromatic rings. The molecule has 4 nitrogen and oxygen atoms in total.